The van der Waals surface area contributed by atoms with Gasteiger partial charge >= 0.3 is 0 Å². The predicted octanol–water partition coefficient (Wildman–Crippen LogP) is 3.75. The molecule has 2 aromatic heterocycles. The third-order valence-corrected chi connectivity index (χ3v) is 4.14. The zero-order valence-electron chi connectivity index (χ0n) is 12.0. The first-order chi connectivity index (χ1) is 9.22. The number of rotatable bonds is 7. The van der Waals surface area contributed by atoms with Crippen molar-refractivity contribution in [2.45, 2.75) is 46.2 Å². The van der Waals surface area contributed by atoms with E-state index >= 15 is 0 Å². The molecule has 2 heterocycles. The smallest absolute Gasteiger partial charge is 0.113 e. The standard InChI is InChI=1S/C15H23N3S/c1-4-6-14(16-5-2)13-7-8-18(9-13)10-15-17-12(3)11-19-15/h7-9,11,14,16H,4-6,10H2,1-3H3. The van der Waals surface area contributed by atoms with Gasteiger partial charge in [-0.25, -0.2) is 4.98 Å². The van der Waals surface area contributed by atoms with Crippen LogP contribution in [0.2, 0.25) is 0 Å². The van der Waals surface area contributed by atoms with Crippen LogP contribution in [-0.2, 0) is 6.54 Å². The summed E-state index contributed by atoms with van der Waals surface area (Å²) in [6, 6.07) is 2.71. The third kappa shape index (κ3) is 3.91. The van der Waals surface area contributed by atoms with Gasteiger partial charge in [-0.1, -0.05) is 20.3 Å². The fraction of sp³-hybridized carbons (Fsp3) is 0.533. The fourth-order valence-corrected chi connectivity index (χ4v) is 3.10. The molecule has 2 aromatic rings. The maximum atomic E-state index is 4.51. The maximum absolute atomic E-state index is 4.51. The summed E-state index contributed by atoms with van der Waals surface area (Å²) in [5.41, 5.74) is 2.50. The van der Waals surface area contributed by atoms with Gasteiger partial charge in [-0.3, -0.25) is 0 Å². The van der Waals surface area contributed by atoms with Gasteiger partial charge in [0.2, 0.25) is 0 Å². The summed E-state index contributed by atoms with van der Waals surface area (Å²) in [6.45, 7) is 8.34. The van der Waals surface area contributed by atoms with Crippen molar-refractivity contribution in [1.82, 2.24) is 14.9 Å². The molecule has 0 aliphatic heterocycles. The molecule has 0 saturated heterocycles. The first kappa shape index (κ1) is 14.3. The molecule has 1 unspecified atom stereocenters. The van der Waals surface area contributed by atoms with Gasteiger partial charge in [-0.05, 0) is 31.5 Å². The van der Waals surface area contributed by atoms with Crippen LogP contribution in [0.1, 0.15) is 49.0 Å². The summed E-state index contributed by atoms with van der Waals surface area (Å²) in [4.78, 5) is 4.51. The van der Waals surface area contributed by atoms with Gasteiger partial charge in [0.05, 0.1) is 6.54 Å². The Morgan fingerprint density at radius 2 is 2.26 bits per heavy atom. The van der Waals surface area contributed by atoms with Crippen LogP contribution in [0.15, 0.2) is 23.8 Å². The Morgan fingerprint density at radius 1 is 1.42 bits per heavy atom. The molecule has 0 saturated carbocycles. The number of hydrogen-bond acceptors (Lipinski definition) is 3. The van der Waals surface area contributed by atoms with E-state index in [4.69, 9.17) is 0 Å². The van der Waals surface area contributed by atoms with Crippen LogP contribution >= 0.6 is 11.3 Å². The predicted molar refractivity (Wildman–Crippen MR) is 81.7 cm³/mol. The molecule has 0 aliphatic rings. The van der Waals surface area contributed by atoms with Gasteiger partial charge < -0.3 is 9.88 Å². The van der Waals surface area contributed by atoms with E-state index in [0.717, 1.165) is 18.8 Å². The molecule has 0 spiro atoms. The first-order valence-corrected chi connectivity index (χ1v) is 7.91. The molecule has 19 heavy (non-hydrogen) atoms. The van der Waals surface area contributed by atoms with E-state index in [2.05, 4.69) is 52.6 Å². The zero-order chi connectivity index (χ0) is 13.7. The minimum absolute atomic E-state index is 0.481. The minimum Gasteiger partial charge on any atom is -0.347 e. The van der Waals surface area contributed by atoms with Crippen molar-refractivity contribution in [2.75, 3.05) is 6.54 Å². The molecule has 0 bridgehead atoms. The quantitative estimate of drug-likeness (QED) is 0.835. The summed E-state index contributed by atoms with van der Waals surface area (Å²) in [6.07, 6.45) is 6.80. The molecule has 0 fully saturated rings. The second-order valence-corrected chi connectivity index (χ2v) is 5.84. The van der Waals surface area contributed by atoms with E-state index in [1.54, 1.807) is 11.3 Å². The Morgan fingerprint density at radius 3 is 2.89 bits per heavy atom. The van der Waals surface area contributed by atoms with Gasteiger partial charge in [-0.15, -0.1) is 11.3 Å². The molecule has 0 radical (unpaired) electrons. The van der Waals surface area contributed by atoms with Crippen molar-refractivity contribution >= 4 is 11.3 Å². The van der Waals surface area contributed by atoms with E-state index in [1.165, 1.54) is 23.4 Å². The highest BCUT2D eigenvalue weighted by Crippen LogP contribution is 2.20. The molecule has 104 valence electrons. The topological polar surface area (TPSA) is 29.9 Å². The van der Waals surface area contributed by atoms with E-state index in [-0.39, 0.29) is 0 Å². The van der Waals surface area contributed by atoms with Crippen molar-refractivity contribution in [3.8, 4) is 0 Å². The van der Waals surface area contributed by atoms with E-state index in [9.17, 15) is 0 Å². The molecule has 3 nitrogen and oxygen atoms in total. The molecule has 2 rings (SSSR count). The summed E-state index contributed by atoms with van der Waals surface area (Å²) < 4.78 is 2.23. The number of thiazole rings is 1. The van der Waals surface area contributed by atoms with Gasteiger partial charge in [0, 0.05) is 29.5 Å². The van der Waals surface area contributed by atoms with Crippen LogP contribution < -0.4 is 5.32 Å². The molecule has 1 atom stereocenters. The lowest BCUT2D eigenvalue weighted by molar-refractivity contribution is 0.508. The summed E-state index contributed by atoms with van der Waals surface area (Å²) in [7, 11) is 0. The number of nitrogens with zero attached hydrogens (tertiary/aromatic N) is 2. The molecule has 0 amide bonds. The number of nitrogens with one attached hydrogen (secondary N) is 1. The van der Waals surface area contributed by atoms with Gasteiger partial charge in [0.25, 0.3) is 0 Å². The molecule has 0 aliphatic carbocycles. The van der Waals surface area contributed by atoms with Gasteiger partial charge in [0.15, 0.2) is 0 Å². The average molecular weight is 277 g/mol. The number of aryl methyl sites for hydroxylation is 1. The summed E-state index contributed by atoms with van der Waals surface area (Å²) in [5.74, 6) is 0. The van der Waals surface area contributed by atoms with Crippen molar-refractivity contribution in [3.63, 3.8) is 0 Å². The minimum atomic E-state index is 0.481. The number of hydrogen-bond donors (Lipinski definition) is 1. The normalized spacial score (nSPS) is 12.8. The van der Waals surface area contributed by atoms with Crippen molar-refractivity contribution in [2.24, 2.45) is 0 Å². The van der Waals surface area contributed by atoms with Crippen LogP contribution in [0, 0.1) is 6.92 Å². The highest BCUT2D eigenvalue weighted by Gasteiger charge is 2.10. The highest BCUT2D eigenvalue weighted by atomic mass is 32.1. The van der Waals surface area contributed by atoms with Crippen molar-refractivity contribution in [3.05, 3.63) is 40.1 Å². The van der Waals surface area contributed by atoms with Gasteiger partial charge in [-0.2, -0.15) is 0 Å². The van der Waals surface area contributed by atoms with Crippen LogP contribution in [0.25, 0.3) is 0 Å². The summed E-state index contributed by atoms with van der Waals surface area (Å²) in [5, 5.41) is 6.84. The van der Waals surface area contributed by atoms with Crippen molar-refractivity contribution in [1.29, 1.82) is 0 Å². The Kier molecular flexibility index (Phi) is 5.16. The zero-order valence-corrected chi connectivity index (χ0v) is 12.8. The SMILES string of the molecule is CCCC(NCC)c1ccn(Cc2nc(C)cs2)c1. The average Bonchev–Trinajstić information content (AvgIpc) is 2.99. The lowest BCUT2D eigenvalue weighted by atomic mass is 10.1. The summed E-state index contributed by atoms with van der Waals surface area (Å²) >= 11 is 1.73. The first-order valence-electron chi connectivity index (χ1n) is 7.03. The third-order valence-electron chi connectivity index (χ3n) is 3.19. The molecule has 4 heteroatoms. The molecular weight excluding hydrogens is 254 g/mol. The molecular formula is C15H23N3S. The Labute approximate surface area is 119 Å². The highest BCUT2D eigenvalue weighted by molar-refractivity contribution is 7.09. The second kappa shape index (κ2) is 6.87. The Balaban J connectivity index is 2.04. The largest absolute Gasteiger partial charge is 0.347 e. The van der Waals surface area contributed by atoms with E-state index in [1.807, 2.05) is 6.92 Å². The van der Waals surface area contributed by atoms with E-state index in [0.29, 0.717) is 6.04 Å². The van der Waals surface area contributed by atoms with Crippen LogP contribution in [-0.4, -0.2) is 16.1 Å². The van der Waals surface area contributed by atoms with Crippen LogP contribution in [0.3, 0.4) is 0 Å². The Bertz CT molecular complexity index is 495. The molecule has 1 N–H and O–H groups in total. The number of aromatic nitrogens is 2. The maximum Gasteiger partial charge on any atom is 0.113 e. The van der Waals surface area contributed by atoms with Crippen molar-refractivity contribution < 1.29 is 0 Å². The van der Waals surface area contributed by atoms with Crippen LogP contribution in [0.5, 0.6) is 0 Å². The monoisotopic (exact) mass is 277 g/mol. The van der Waals surface area contributed by atoms with E-state index < -0.39 is 0 Å². The lowest BCUT2D eigenvalue weighted by Gasteiger charge is -2.15. The van der Waals surface area contributed by atoms with Gasteiger partial charge in [0.1, 0.15) is 5.01 Å². The fourth-order valence-electron chi connectivity index (χ4n) is 2.32. The lowest BCUT2D eigenvalue weighted by Crippen LogP contribution is -2.20. The Hall–Kier alpha value is -1.13. The second-order valence-electron chi connectivity index (χ2n) is 4.90. The van der Waals surface area contributed by atoms with Crippen LogP contribution in [0.4, 0.5) is 0 Å². The molecule has 0 aromatic carbocycles.